The van der Waals surface area contributed by atoms with E-state index < -0.39 is 0 Å². The van der Waals surface area contributed by atoms with Crippen LogP contribution in [0.2, 0.25) is 5.02 Å². The van der Waals surface area contributed by atoms with Crippen LogP contribution in [0.1, 0.15) is 30.5 Å². The number of nitrogens with one attached hydrogen (secondary N) is 2. The summed E-state index contributed by atoms with van der Waals surface area (Å²) < 4.78 is 0. The van der Waals surface area contributed by atoms with Gasteiger partial charge in [0.25, 0.3) is 0 Å². The number of carbonyl (C=O) groups excluding carboxylic acids is 1. The highest BCUT2D eigenvalue weighted by Crippen LogP contribution is 2.48. The lowest BCUT2D eigenvalue weighted by Gasteiger charge is -2.45. The van der Waals surface area contributed by atoms with Gasteiger partial charge in [0.2, 0.25) is 0 Å². The molecule has 1 aliphatic heterocycles. The van der Waals surface area contributed by atoms with Crippen LogP contribution in [0.4, 0.5) is 10.6 Å². The third-order valence-corrected chi connectivity index (χ3v) is 5.95. The normalized spacial score (nSPS) is 23.9. The van der Waals surface area contributed by atoms with E-state index in [4.69, 9.17) is 11.6 Å². The third-order valence-electron chi connectivity index (χ3n) is 5.70. The maximum absolute atomic E-state index is 12.1. The number of halogens is 1. The lowest BCUT2D eigenvalue weighted by atomic mass is 9.65. The molecule has 2 fully saturated rings. The summed E-state index contributed by atoms with van der Waals surface area (Å²) in [7, 11) is 0. The lowest BCUT2D eigenvalue weighted by Crippen LogP contribution is -2.54. The number of urea groups is 1. The van der Waals surface area contributed by atoms with Crippen LogP contribution >= 0.6 is 11.6 Å². The fourth-order valence-corrected chi connectivity index (χ4v) is 4.40. The molecule has 1 saturated heterocycles. The summed E-state index contributed by atoms with van der Waals surface area (Å²) in [6.07, 6.45) is 3.26. The van der Waals surface area contributed by atoms with Gasteiger partial charge in [-0.15, -0.1) is 0 Å². The third kappa shape index (κ3) is 4.19. The average molecular weight is 385 g/mol. The van der Waals surface area contributed by atoms with Gasteiger partial charge in [0, 0.05) is 36.4 Å². The highest BCUT2D eigenvalue weighted by Gasteiger charge is 2.49. The predicted octanol–water partition coefficient (Wildman–Crippen LogP) is 3.90. The Labute approximate surface area is 165 Å². The number of nitrogens with zero attached hydrogens (tertiary/aromatic N) is 2. The number of rotatable bonds is 4. The summed E-state index contributed by atoms with van der Waals surface area (Å²) in [6, 6.07) is 13.9. The SMILES string of the molecule is Cc1cccc(N2CC[C@]3(C2)C[C@@H](NC(=O)NCc2ccc(Cl)cc2)C3)n1. The van der Waals surface area contributed by atoms with Crippen molar-refractivity contribution >= 4 is 23.4 Å². The zero-order valence-corrected chi connectivity index (χ0v) is 16.3. The smallest absolute Gasteiger partial charge is 0.315 e. The first-order valence-corrected chi connectivity index (χ1v) is 9.87. The maximum atomic E-state index is 12.1. The molecule has 1 spiro atoms. The van der Waals surface area contributed by atoms with Crippen LogP contribution in [0.25, 0.3) is 0 Å². The molecule has 0 bridgehead atoms. The van der Waals surface area contributed by atoms with Crippen LogP contribution in [0, 0.1) is 12.3 Å². The molecular formula is C21H25ClN4O. The molecular weight excluding hydrogens is 360 g/mol. The van der Waals surface area contributed by atoms with Crippen molar-refractivity contribution in [3.63, 3.8) is 0 Å². The molecule has 2 aliphatic rings. The van der Waals surface area contributed by atoms with Crippen molar-refractivity contribution in [3.05, 3.63) is 58.7 Å². The molecule has 1 saturated carbocycles. The molecule has 1 aliphatic carbocycles. The Morgan fingerprint density at radius 2 is 2.04 bits per heavy atom. The quantitative estimate of drug-likeness (QED) is 0.840. The van der Waals surface area contributed by atoms with Crippen molar-refractivity contribution in [1.29, 1.82) is 0 Å². The van der Waals surface area contributed by atoms with Gasteiger partial charge in [-0.05, 0) is 61.4 Å². The number of aryl methyl sites for hydroxylation is 1. The van der Waals surface area contributed by atoms with Crippen LogP contribution < -0.4 is 15.5 Å². The molecule has 0 radical (unpaired) electrons. The van der Waals surface area contributed by atoms with Crippen LogP contribution in [0.5, 0.6) is 0 Å². The van der Waals surface area contributed by atoms with E-state index >= 15 is 0 Å². The Kier molecular flexibility index (Phi) is 4.96. The Morgan fingerprint density at radius 3 is 2.78 bits per heavy atom. The fraction of sp³-hybridized carbons (Fsp3) is 0.429. The van der Waals surface area contributed by atoms with Crippen molar-refractivity contribution in [3.8, 4) is 0 Å². The molecule has 142 valence electrons. The highest BCUT2D eigenvalue weighted by atomic mass is 35.5. The van der Waals surface area contributed by atoms with Crippen LogP contribution in [0.15, 0.2) is 42.5 Å². The van der Waals surface area contributed by atoms with Crippen LogP contribution in [-0.2, 0) is 6.54 Å². The number of benzene rings is 1. The minimum absolute atomic E-state index is 0.0972. The van der Waals surface area contributed by atoms with Crippen molar-refractivity contribution < 1.29 is 4.79 Å². The first kappa shape index (κ1) is 18.1. The number of hydrogen-bond donors (Lipinski definition) is 2. The zero-order chi connectivity index (χ0) is 18.9. The van der Waals surface area contributed by atoms with Gasteiger partial charge < -0.3 is 15.5 Å². The van der Waals surface area contributed by atoms with Gasteiger partial charge in [0.1, 0.15) is 5.82 Å². The maximum Gasteiger partial charge on any atom is 0.315 e. The van der Waals surface area contributed by atoms with Gasteiger partial charge in [-0.3, -0.25) is 0 Å². The van der Waals surface area contributed by atoms with E-state index in [1.165, 1.54) is 6.42 Å². The van der Waals surface area contributed by atoms with Crippen molar-refractivity contribution in [2.45, 2.75) is 38.8 Å². The lowest BCUT2D eigenvalue weighted by molar-refractivity contribution is 0.111. The van der Waals surface area contributed by atoms with Gasteiger partial charge in [-0.1, -0.05) is 29.8 Å². The molecule has 6 heteroatoms. The Hall–Kier alpha value is -2.27. The molecule has 0 atom stereocenters. The summed E-state index contributed by atoms with van der Waals surface area (Å²) >= 11 is 5.88. The predicted molar refractivity (Wildman–Crippen MR) is 108 cm³/mol. The second-order valence-corrected chi connectivity index (χ2v) is 8.30. The molecule has 1 aromatic carbocycles. The molecule has 27 heavy (non-hydrogen) atoms. The summed E-state index contributed by atoms with van der Waals surface area (Å²) in [5.74, 6) is 1.07. The van der Waals surface area contributed by atoms with E-state index in [0.29, 0.717) is 17.0 Å². The van der Waals surface area contributed by atoms with Gasteiger partial charge >= 0.3 is 6.03 Å². The Morgan fingerprint density at radius 1 is 1.26 bits per heavy atom. The molecule has 2 heterocycles. The first-order valence-electron chi connectivity index (χ1n) is 9.49. The van der Waals surface area contributed by atoms with E-state index in [1.807, 2.05) is 37.3 Å². The van der Waals surface area contributed by atoms with E-state index in [0.717, 1.165) is 43.0 Å². The van der Waals surface area contributed by atoms with E-state index in [9.17, 15) is 4.79 Å². The first-order chi connectivity index (χ1) is 13.0. The number of amides is 2. The van der Waals surface area contributed by atoms with Crippen LogP contribution in [0.3, 0.4) is 0 Å². The number of hydrogen-bond acceptors (Lipinski definition) is 3. The molecule has 4 rings (SSSR count). The van der Waals surface area contributed by atoms with Gasteiger partial charge in [-0.25, -0.2) is 9.78 Å². The van der Waals surface area contributed by atoms with Gasteiger partial charge in [0.15, 0.2) is 0 Å². The molecule has 2 amide bonds. The number of aromatic nitrogens is 1. The fourth-order valence-electron chi connectivity index (χ4n) is 4.28. The van der Waals surface area contributed by atoms with Crippen molar-refractivity contribution in [2.24, 2.45) is 5.41 Å². The summed E-state index contributed by atoms with van der Waals surface area (Å²) in [6.45, 7) is 4.62. The van der Waals surface area contributed by atoms with Gasteiger partial charge in [0.05, 0.1) is 0 Å². The molecule has 2 aromatic rings. The monoisotopic (exact) mass is 384 g/mol. The van der Waals surface area contributed by atoms with E-state index in [1.54, 1.807) is 0 Å². The molecule has 2 N–H and O–H groups in total. The van der Waals surface area contributed by atoms with Gasteiger partial charge in [-0.2, -0.15) is 0 Å². The molecule has 1 aromatic heterocycles. The van der Waals surface area contributed by atoms with E-state index in [-0.39, 0.29) is 12.1 Å². The highest BCUT2D eigenvalue weighted by molar-refractivity contribution is 6.30. The second-order valence-electron chi connectivity index (χ2n) is 7.87. The number of anilines is 1. The average Bonchev–Trinajstić information content (AvgIpc) is 3.06. The Bertz CT molecular complexity index is 817. The Balaban J connectivity index is 1.22. The topological polar surface area (TPSA) is 57.3 Å². The number of pyridine rings is 1. The zero-order valence-electron chi connectivity index (χ0n) is 15.5. The van der Waals surface area contributed by atoms with Crippen LogP contribution in [-0.4, -0.2) is 30.1 Å². The van der Waals surface area contributed by atoms with Crippen molar-refractivity contribution in [2.75, 3.05) is 18.0 Å². The molecule has 0 unspecified atom stereocenters. The number of carbonyl (C=O) groups is 1. The minimum atomic E-state index is -0.0972. The summed E-state index contributed by atoms with van der Waals surface area (Å²) in [5.41, 5.74) is 2.43. The van der Waals surface area contributed by atoms with Crippen molar-refractivity contribution in [1.82, 2.24) is 15.6 Å². The molecule has 5 nitrogen and oxygen atoms in total. The summed E-state index contributed by atoms with van der Waals surface area (Å²) in [4.78, 5) is 19.2. The standard InChI is InChI=1S/C21H25ClN4O/c1-15-3-2-4-19(24-15)26-10-9-21(14-26)11-18(12-21)25-20(27)23-13-16-5-7-17(22)8-6-16/h2-8,18H,9-14H2,1H3,(H2,23,25,27)/t18-,21+. The largest absolute Gasteiger partial charge is 0.356 e. The summed E-state index contributed by atoms with van der Waals surface area (Å²) in [5, 5.41) is 6.73. The van der Waals surface area contributed by atoms with E-state index in [2.05, 4.69) is 32.7 Å². The second kappa shape index (κ2) is 7.39. The minimum Gasteiger partial charge on any atom is -0.356 e.